The molecule has 2 N–H and O–H groups in total. The lowest BCUT2D eigenvalue weighted by Crippen LogP contribution is -3.12. The molecule has 0 bridgehead atoms. The Labute approximate surface area is 159 Å². The van der Waals surface area contributed by atoms with Gasteiger partial charge in [0, 0.05) is 16.8 Å². The van der Waals surface area contributed by atoms with Crippen molar-refractivity contribution >= 4 is 17.4 Å². The van der Waals surface area contributed by atoms with Crippen LogP contribution in [0.5, 0.6) is 11.5 Å². The van der Waals surface area contributed by atoms with Crippen LogP contribution in [-0.4, -0.2) is 38.0 Å². The minimum Gasteiger partial charge on any atom is -0.486 e. The number of amides is 1. The summed E-state index contributed by atoms with van der Waals surface area (Å²) in [6.07, 6.45) is 0. The number of hydrogen-bond donors (Lipinski definition) is 2. The monoisotopic (exact) mass is 369 g/mol. The minimum absolute atomic E-state index is 0.00449. The lowest BCUT2D eigenvalue weighted by atomic mass is 10.1. The number of carbonyl (C=O) groups is 2. The van der Waals surface area contributed by atoms with Crippen LogP contribution in [0.4, 0.5) is 5.69 Å². The number of carbonyl (C=O) groups excluding carboxylic acids is 2. The molecule has 0 saturated heterocycles. The van der Waals surface area contributed by atoms with E-state index in [4.69, 9.17) is 9.47 Å². The first-order chi connectivity index (χ1) is 12.9. The normalized spacial score (nSPS) is 14.9. The first-order valence-corrected chi connectivity index (χ1v) is 9.07. The summed E-state index contributed by atoms with van der Waals surface area (Å²) in [5.41, 5.74) is 2.40. The molecule has 142 valence electrons. The van der Waals surface area contributed by atoms with Crippen LogP contribution in [0.3, 0.4) is 0 Å². The summed E-state index contributed by atoms with van der Waals surface area (Å²) in [7, 11) is 1.99. The van der Waals surface area contributed by atoms with Gasteiger partial charge >= 0.3 is 0 Å². The summed E-state index contributed by atoms with van der Waals surface area (Å²) in [6, 6.07) is 12.6. The van der Waals surface area contributed by atoms with Gasteiger partial charge in [-0.3, -0.25) is 9.59 Å². The van der Waals surface area contributed by atoms with Crippen LogP contribution < -0.4 is 19.7 Å². The number of likely N-dealkylation sites (N-methyl/N-ethyl adjacent to an activating group) is 1. The third kappa shape index (κ3) is 4.65. The number of benzene rings is 2. The average molecular weight is 369 g/mol. The van der Waals surface area contributed by atoms with Crippen LogP contribution >= 0.6 is 0 Å². The van der Waals surface area contributed by atoms with E-state index in [1.54, 1.807) is 24.3 Å². The summed E-state index contributed by atoms with van der Waals surface area (Å²) in [5, 5.41) is 2.91. The molecular weight excluding hydrogens is 344 g/mol. The third-order valence-electron chi connectivity index (χ3n) is 4.78. The summed E-state index contributed by atoms with van der Waals surface area (Å²) < 4.78 is 11.2. The molecule has 6 nitrogen and oxygen atoms in total. The van der Waals surface area contributed by atoms with Gasteiger partial charge in [-0.2, -0.15) is 0 Å². The highest BCUT2D eigenvalue weighted by Gasteiger charge is 2.23. The van der Waals surface area contributed by atoms with Gasteiger partial charge in [0.2, 0.25) is 0 Å². The molecule has 1 aliphatic rings. The molecule has 1 unspecified atom stereocenters. The Bertz CT molecular complexity index is 833. The Morgan fingerprint density at radius 3 is 2.41 bits per heavy atom. The van der Waals surface area contributed by atoms with Crippen molar-refractivity contribution in [3.63, 3.8) is 0 Å². The van der Waals surface area contributed by atoms with Gasteiger partial charge in [-0.25, -0.2) is 0 Å². The second-order valence-electron chi connectivity index (χ2n) is 6.85. The number of ether oxygens (including phenoxy) is 2. The first-order valence-electron chi connectivity index (χ1n) is 9.07. The topological polar surface area (TPSA) is 69.1 Å². The summed E-state index contributed by atoms with van der Waals surface area (Å²) in [4.78, 5) is 24.9. The number of nitrogens with one attached hydrogen (secondary N) is 2. The van der Waals surface area contributed by atoms with E-state index in [1.807, 2.05) is 32.2 Å². The summed E-state index contributed by atoms with van der Waals surface area (Å²) >= 11 is 0. The predicted molar refractivity (Wildman–Crippen MR) is 103 cm³/mol. The molecule has 0 aromatic heterocycles. The van der Waals surface area contributed by atoms with E-state index in [0.29, 0.717) is 31.0 Å². The summed E-state index contributed by atoms with van der Waals surface area (Å²) in [6.45, 7) is 5.23. The van der Waals surface area contributed by atoms with Gasteiger partial charge in [0.25, 0.3) is 5.91 Å². The highest BCUT2D eigenvalue weighted by molar-refractivity contribution is 5.96. The molecule has 1 aliphatic heterocycles. The zero-order valence-corrected chi connectivity index (χ0v) is 15.9. The van der Waals surface area contributed by atoms with Gasteiger partial charge in [0.15, 0.2) is 23.3 Å². The maximum absolute atomic E-state index is 12.6. The van der Waals surface area contributed by atoms with E-state index in [2.05, 4.69) is 5.32 Å². The number of rotatable bonds is 6. The smallest absolute Gasteiger partial charge is 0.282 e. The lowest BCUT2D eigenvalue weighted by Gasteiger charge is -2.23. The SMILES string of the molecule is CC(=O)c1ccc(NC(=O)[C@H](C)[NH+](C)Cc2ccc3c(c2)OCCO3)cc1. The Hall–Kier alpha value is -2.86. The van der Waals surface area contributed by atoms with E-state index < -0.39 is 0 Å². The van der Waals surface area contributed by atoms with Crippen molar-refractivity contribution in [1.29, 1.82) is 0 Å². The van der Waals surface area contributed by atoms with E-state index in [-0.39, 0.29) is 17.7 Å². The molecule has 0 spiro atoms. The Morgan fingerprint density at radius 2 is 1.74 bits per heavy atom. The molecule has 0 aliphatic carbocycles. The van der Waals surface area contributed by atoms with Crippen LogP contribution in [0.25, 0.3) is 0 Å². The van der Waals surface area contributed by atoms with Gasteiger partial charge in [-0.05, 0) is 56.3 Å². The molecule has 1 heterocycles. The molecule has 6 heteroatoms. The van der Waals surface area contributed by atoms with E-state index >= 15 is 0 Å². The molecule has 27 heavy (non-hydrogen) atoms. The van der Waals surface area contributed by atoms with Crippen LogP contribution in [0.1, 0.15) is 29.8 Å². The number of anilines is 1. The molecule has 2 atom stereocenters. The molecule has 3 rings (SSSR count). The maximum atomic E-state index is 12.6. The van der Waals surface area contributed by atoms with Gasteiger partial charge in [0.1, 0.15) is 19.8 Å². The van der Waals surface area contributed by atoms with Crippen molar-refractivity contribution in [2.75, 3.05) is 25.6 Å². The second kappa shape index (κ2) is 8.22. The van der Waals surface area contributed by atoms with Gasteiger partial charge in [-0.15, -0.1) is 0 Å². The molecule has 0 fully saturated rings. The Kier molecular flexibility index (Phi) is 5.76. The van der Waals surface area contributed by atoms with Crippen molar-refractivity contribution in [2.45, 2.75) is 26.4 Å². The van der Waals surface area contributed by atoms with E-state index in [1.165, 1.54) is 6.92 Å². The van der Waals surface area contributed by atoms with Crippen molar-refractivity contribution in [1.82, 2.24) is 0 Å². The number of quaternary nitrogens is 1. The fraction of sp³-hybridized carbons (Fsp3) is 0.333. The average Bonchev–Trinajstić information content (AvgIpc) is 2.67. The molecular formula is C21H25N2O4+. The van der Waals surface area contributed by atoms with Gasteiger partial charge in [-0.1, -0.05) is 0 Å². The quantitative estimate of drug-likeness (QED) is 0.761. The Balaban J connectivity index is 1.60. The molecule has 2 aromatic carbocycles. The van der Waals surface area contributed by atoms with Gasteiger partial charge < -0.3 is 19.7 Å². The van der Waals surface area contributed by atoms with Crippen LogP contribution in [-0.2, 0) is 11.3 Å². The second-order valence-corrected chi connectivity index (χ2v) is 6.85. The zero-order chi connectivity index (χ0) is 19.4. The zero-order valence-electron chi connectivity index (χ0n) is 15.9. The summed E-state index contributed by atoms with van der Waals surface area (Å²) in [5.74, 6) is 1.46. The van der Waals surface area contributed by atoms with E-state index in [0.717, 1.165) is 22.0 Å². The van der Waals surface area contributed by atoms with Gasteiger partial charge in [0.05, 0.1) is 7.05 Å². The van der Waals surface area contributed by atoms with E-state index in [9.17, 15) is 9.59 Å². The molecule has 2 aromatic rings. The maximum Gasteiger partial charge on any atom is 0.282 e. The number of Topliss-reactive ketones (excluding diaryl/α,β-unsaturated/α-hetero) is 1. The van der Waals surface area contributed by atoms with Crippen molar-refractivity contribution in [3.8, 4) is 11.5 Å². The third-order valence-corrected chi connectivity index (χ3v) is 4.78. The molecule has 1 amide bonds. The highest BCUT2D eigenvalue weighted by Crippen LogP contribution is 2.30. The Morgan fingerprint density at radius 1 is 1.07 bits per heavy atom. The predicted octanol–water partition coefficient (Wildman–Crippen LogP) is 1.70. The van der Waals surface area contributed by atoms with Crippen LogP contribution in [0.15, 0.2) is 42.5 Å². The first kappa shape index (κ1) is 18.9. The molecule has 0 radical (unpaired) electrons. The standard InChI is InChI=1S/C21H24N2O4/c1-14(21(25)22-18-7-5-17(6-8-18)15(2)24)23(3)13-16-4-9-19-20(12-16)27-11-10-26-19/h4-9,12,14H,10-11,13H2,1-3H3,(H,22,25)/p+1/t14-/m0/s1. The molecule has 0 saturated carbocycles. The highest BCUT2D eigenvalue weighted by atomic mass is 16.6. The number of fused-ring (bicyclic) bond motifs is 1. The van der Waals surface area contributed by atoms with Crippen LogP contribution in [0.2, 0.25) is 0 Å². The van der Waals surface area contributed by atoms with Crippen molar-refractivity contribution in [2.24, 2.45) is 0 Å². The largest absolute Gasteiger partial charge is 0.486 e. The van der Waals surface area contributed by atoms with Crippen molar-refractivity contribution < 1.29 is 24.0 Å². The van der Waals surface area contributed by atoms with Crippen molar-refractivity contribution in [3.05, 3.63) is 53.6 Å². The lowest BCUT2D eigenvalue weighted by molar-refractivity contribution is -0.907. The number of ketones is 1. The fourth-order valence-electron chi connectivity index (χ4n) is 2.94. The fourth-order valence-corrected chi connectivity index (χ4v) is 2.94. The minimum atomic E-state index is -0.245. The number of hydrogen-bond acceptors (Lipinski definition) is 4. The van der Waals surface area contributed by atoms with Crippen LogP contribution in [0, 0.1) is 0 Å².